The van der Waals surface area contributed by atoms with Crippen LogP contribution in [0.5, 0.6) is 11.5 Å². The van der Waals surface area contributed by atoms with Gasteiger partial charge in [-0.2, -0.15) is 0 Å². The monoisotopic (exact) mass is 439 g/mol. The SMILES string of the molecule is CCOc1cc2c(cc1/C=C1\C(=O)N(c3ccccc3C)C(=O)c3ccccc31)OC(C)C2. The van der Waals surface area contributed by atoms with Gasteiger partial charge in [0.15, 0.2) is 0 Å². The highest BCUT2D eigenvalue weighted by atomic mass is 16.5. The molecule has 0 N–H and O–H groups in total. The van der Waals surface area contributed by atoms with Crippen LogP contribution in [0.4, 0.5) is 5.69 Å². The third-order valence-corrected chi connectivity index (χ3v) is 6.07. The number of aryl methyl sites for hydroxylation is 1. The number of fused-ring (bicyclic) bond motifs is 2. The predicted molar refractivity (Wildman–Crippen MR) is 129 cm³/mol. The van der Waals surface area contributed by atoms with Gasteiger partial charge in [0, 0.05) is 28.7 Å². The van der Waals surface area contributed by atoms with Crippen molar-refractivity contribution in [1.29, 1.82) is 0 Å². The summed E-state index contributed by atoms with van der Waals surface area (Å²) in [6.45, 7) is 6.36. The molecule has 1 unspecified atom stereocenters. The number of benzene rings is 3. The maximum absolute atomic E-state index is 13.8. The Labute approximate surface area is 193 Å². The van der Waals surface area contributed by atoms with E-state index in [1.54, 1.807) is 12.1 Å². The molecule has 2 aliphatic heterocycles. The van der Waals surface area contributed by atoms with E-state index in [9.17, 15) is 9.59 Å². The highest BCUT2D eigenvalue weighted by Gasteiger charge is 2.36. The average molecular weight is 440 g/mol. The Morgan fingerprint density at radius 3 is 2.52 bits per heavy atom. The fraction of sp³-hybridized carbons (Fsp3) is 0.214. The molecule has 0 saturated carbocycles. The number of ether oxygens (including phenoxy) is 2. The van der Waals surface area contributed by atoms with Crippen LogP contribution in [0.2, 0.25) is 0 Å². The fourth-order valence-electron chi connectivity index (χ4n) is 4.53. The molecule has 2 amide bonds. The molecule has 5 rings (SSSR count). The van der Waals surface area contributed by atoms with E-state index >= 15 is 0 Å². The number of hydrogen-bond donors (Lipinski definition) is 0. The zero-order valence-electron chi connectivity index (χ0n) is 18.9. The third kappa shape index (κ3) is 3.59. The Morgan fingerprint density at radius 2 is 1.76 bits per heavy atom. The lowest BCUT2D eigenvalue weighted by Crippen LogP contribution is -2.42. The van der Waals surface area contributed by atoms with Crippen LogP contribution in [0, 0.1) is 6.92 Å². The van der Waals surface area contributed by atoms with Gasteiger partial charge >= 0.3 is 0 Å². The van der Waals surface area contributed by atoms with Crippen LogP contribution < -0.4 is 14.4 Å². The molecule has 5 heteroatoms. The fourth-order valence-corrected chi connectivity index (χ4v) is 4.53. The molecule has 0 bridgehead atoms. The molecule has 3 aromatic carbocycles. The summed E-state index contributed by atoms with van der Waals surface area (Å²) in [5.74, 6) is 0.829. The molecule has 166 valence electrons. The first-order valence-corrected chi connectivity index (χ1v) is 11.2. The van der Waals surface area contributed by atoms with Gasteiger partial charge in [-0.25, -0.2) is 4.90 Å². The van der Waals surface area contributed by atoms with Gasteiger partial charge in [0.2, 0.25) is 0 Å². The summed E-state index contributed by atoms with van der Waals surface area (Å²) < 4.78 is 11.9. The molecular formula is C28H25NO4. The maximum Gasteiger partial charge on any atom is 0.265 e. The second-order valence-corrected chi connectivity index (χ2v) is 8.40. The first kappa shape index (κ1) is 21.0. The zero-order valence-corrected chi connectivity index (χ0v) is 18.9. The summed E-state index contributed by atoms with van der Waals surface area (Å²) in [6, 6.07) is 18.6. The highest BCUT2D eigenvalue weighted by Crippen LogP contribution is 2.39. The smallest absolute Gasteiger partial charge is 0.265 e. The quantitative estimate of drug-likeness (QED) is 0.401. The van der Waals surface area contributed by atoms with Gasteiger partial charge in [-0.05, 0) is 62.2 Å². The van der Waals surface area contributed by atoms with Crippen molar-refractivity contribution in [2.24, 2.45) is 0 Å². The van der Waals surface area contributed by atoms with Crippen LogP contribution in [-0.2, 0) is 11.2 Å². The van der Waals surface area contributed by atoms with Crippen molar-refractivity contribution in [3.8, 4) is 11.5 Å². The van der Waals surface area contributed by atoms with E-state index in [2.05, 4.69) is 0 Å². The molecule has 0 aliphatic carbocycles. The van der Waals surface area contributed by atoms with E-state index in [4.69, 9.17) is 9.47 Å². The Kier molecular flexibility index (Phi) is 5.25. The second-order valence-electron chi connectivity index (χ2n) is 8.40. The molecule has 1 atom stereocenters. The summed E-state index contributed by atoms with van der Waals surface area (Å²) in [6.07, 6.45) is 2.74. The molecule has 0 saturated heterocycles. The second kappa shape index (κ2) is 8.24. The number of anilines is 1. The van der Waals surface area contributed by atoms with Crippen LogP contribution in [-0.4, -0.2) is 24.5 Å². The van der Waals surface area contributed by atoms with Crippen molar-refractivity contribution >= 4 is 29.2 Å². The summed E-state index contributed by atoms with van der Waals surface area (Å²) in [4.78, 5) is 28.4. The minimum absolute atomic E-state index is 0.101. The lowest BCUT2D eigenvalue weighted by Gasteiger charge is -2.29. The topological polar surface area (TPSA) is 55.8 Å². The van der Waals surface area contributed by atoms with Gasteiger partial charge in [-0.15, -0.1) is 0 Å². The summed E-state index contributed by atoms with van der Waals surface area (Å²) in [5.41, 5.74) is 4.85. The number of imide groups is 1. The van der Waals surface area contributed by atoms with Crippen molar-refractivity contribution in [3.63, 3.8) is 0 Å². The van der Waals surface area contributed by atoms with Crippen molar-refractivity contribution in [3.05, 3.63) is 88.5 Å². The highest BCUT2D eigenvalue weighted by molar-refractivity contribution is 6.43. The molecule has 33 heavy (non-hydrogen) atoms. The minimum Gasteiger partial charge on any atom is -0.493 e. The number of hydrogen-bond acceptors (Lipinski definition) is 4. The molecule has 3 aromatic rings. The molecular weight excluding hydrogens is 414 g/mol. The van der Waals surface area contributed by atoms with E-state index in [0.717, 1.165) is 28.9 Å². The average Bonchev–Trinajstić information content (AvgIpc) is 3.17. The summed E-state index contributed by atoms with van der Waals surface area (Å²) >= 11 is 0. The number of nitrogens with zero attached hydrogens (tertiary/aromatic N) is 1. The normalized spacial score (nSPS) is 18.2. The van der Waals surface area contributed by atoms with Crippen LogP contribution in [0.1, 0.15) is 46.5 Å². The molecule has 2 aliphatic rings. The zero-order chi connectivity index (χ0) is 23.1. The molecule has 5 nitrogen and oxygen atoms in total. The van der Waals surface area contributed by atoms with Gasteiger partial charge < -0.3 is 9.47 Å². The van der Waals surface area contributed by atoms with E-state index in [0.29, 0.717) is 34.7 Å². The van der Waals surface area contributed by atoms with Crippen LogP contribution in [0.3, 0.4) is 0 Å². The first-order valence-electron chi connectivity index (χ1n) is 11.2. The third-order valence-electron chi connectivity index (χ3n) is 6.07. The van der Waals surface area contributed by atoms with Gasteiger partial charge in [0.05, 0.1) is 12.3 Å². The van der Waals surface area contributed by atoms with Gasteiger partial charge in [-0.1, -0.05) is 36.4 Å². The molecule has 2 heterocycles. The molecule has 0 radical (unpaired) electrons. The first-order chi connectivity index (χ1) is 16.0. The van der Waals surface area contributed by atoms with E-state index in [1.807, 2.05) is 75.4 Å². The van der Waals surface area contributed by atoms with E-state index < -0.39 is 0 Å². The predicted octanol–water partition coefficient (Wildman–Crippen LogP) is 5.44. The van der Waals surface area contributed by atoms with Gasteiger partial charge in [0.1, 0.15) is 17.6 Å². The lowest BCUT2D eigenvalue weighted by molar-refractivity contribution is -0.112. The minimum atomic E-state index is -0.356. The maximum atomic E-state index is 13.8. The summed E-state index contributed by atoms with van der Waals surface area (Å²) in [5, 5.41) is 0. The van der Waals surface area contributed by atoms with E-state index in [-0.39, 0.29) is 17.9 Å². The molecule has 0 fully saturated rings. The lowest BCUT2D eigenvalue weighted by atomic mass is 9.91. The molecule has 0 spiro atoms. The largest absolute Gasteiger partial charge is 0.493 e. The van der Waals surface area contributed by atoms with Crippen molar-refractivity contribution in [2.75, 3.05) is 11.5 Å². The van der Waals surface area contributed by atoms with Gasteiger partial charge in [0.25, 0.3) is 11.8 Å². The Morgan fingerprint density at radius 1 is 1.03 bits per heavy atom. The standard InChI is InChI=1S/C28H25NO4/c1-4-32-25-15-19-13-18(3)33-26(19)16-20(25)14-23-21-10-6-7-11-22(21)27(30)29(28(23)31)24-12-8-5-9-17(24)2/h5-12,14-16,18H,4,13H2,1-3H3/b23-14-. The van der Waals surface area contributed by atoms with Crippen molar-refractivity contribution < 1.29 is 19.1 Å². The van der Waals surface area contributed by atoms with E-state index in [1.165, 1.54) is 4.90 Å². The van der Waals surface area contributed by atoms with Crippen LogP contribution in [0.15, 0.2) is 60.7 Å². The molecule has 0 aromatic heterocycles. The van der Waals surface area contributed by atoms with Gasteiger partial charge in [-0.3, -0.25) is 9.59 Å². The van der Waals surface area contributed by atoms with Crippen molar-refractivity contribution in [1.82, 2.24) is 0 Å². The number of carbonyl (C=O) groups is 2. The number of amides is 2. The van der Waals surface area contributed by atoms with Crippen molar-refractivity contribution in [2.45, 2.75) is 33.3 Å². The Balaban J connectivity index is 1.70. The number of rotatable bonds is 4. The van der Waals surface area contributed by atoms with Crippen LogP contribution >= 0.6 is 0 Å². The Hall–Kier alpha value is -3.86. The number of para-hydroxylation sites is 1. The summed E-state index contributed by atoms with van der Waals surface area (Å²) in [7, 11) is 0. The Bertz CT molecular complexity index is 1310. The van der Waals surface area contributed by atoms with Crippen LogP contribution in [0.25, 0.3) is 11.6 Å². The number of carbonyl (C=O) groups excluding carboxylic acids is 2.